The zero-order chi connectivity index (χ0) is 14.9. The Labute approximate surface area is 137 Å². The highest BCUT2D eigenvalue weighted by atomic mass is 32.2. The summed E-state index contributed by atoms with van der Waals surface area (Å²) in [6.45, 7) is 1.84. The predicted octanol–water partition coefficient (Wildman–Crippen LogP) is 3.91. The third-order valence-corrected chi connectivity index (χ3v) is 6.75. The largest absolute Gasteiger partial charge is 0.342 e. The molecule has 1 aromatic carbocycles. The first-order chi connectivity index (χ1) is 10.8. The molecule has 3 heteroatoms. The second-order valence-corrected chi connectivity index (χ2v) is 8.08. The molecule has 0 N–H and O–H groups in total. The average Bonchev–Trinajstić information content (AvgIpc) is 3.11. The Kier molecular flexibility index (Phi) is 4.00. The SMILES string of the molecule is O=C(C1CC2C=CC1C2)N1CCSC(c2ccccc2)CC1. The second kappa shape index (κ2) is 6.11. The highest BCUT2D eigenvalue weighted by Gasteiger charge is 2.41. The van der Waals surface area contributed by atoms with E-state index in [0.29, 0.717) is 23.0 Å². The lowest BCUT2D eigenvalue weighted by molar-refractivity contribution is -0.136. The first-order valence-electron chi connectivity index (χ1n) is 8.45. The summed E-state index contributed by atoms with van der Waals surface area (Å²) in [5.41, 5.74) is 1.41. The van der Waals surface area contributed by atoms with Crippen LogP contribution in [0.15, 0.2) is 42.5 Å². The van der Waals surface area contributed by atoms with Crippen LogP contribution in [0.1, 0.15) is 30.1 Å². The lowest BCUT2D eigenvalue weighted by Crippen LogP contribution is -2.39. The van der Waals surface area contributed by atoms with Crippen LogP contribution in [0.5, 0.6) is 0 Å². The van der Waals surface area contributed by atoms with Gasteiger partial charge in [-0.1, -0.05) is 42.5 Å². The third-order valence-electron chi connectivity index (χ3n) is 5.42. The van der Waals surface area contributed by atoms with Crippen LogP contribution in [-0.2, 0) is 4.79 Å². The summed E-state index contributed by atoms with van der Waals surface area (Å²) < 4.78 is 0. The van der Waals surface area contributed by atoms with E-state index in [2.05, 4.69) is 47.4 Å². The number of nitrogens with zero attached hydrogens (tertiary/aromatic N) is 1. The van der Waals surface area contributed by atoms with Gasteiger partial charge in [0.05, 0.1) is 0 Å². The number of carbonyl (C=O) groups excluding carboxylic acids is 1. The maximum atomic E-state index is 12.9. The minimum absolute atomic E-state index is 0.272. The zero-order valence-corrected chi connectivity index (χ0v) is 13.7. The van der Waals surface area contributed by atoms with Crippen molar-refractivity contribution >= 4 is 17.7 Å². The van der Waals surface area contributed by atoms with Gasteiger partial charge in [-0.25, -0.2) is 0 Å². The molecule has 2 bridgehead atoms. The van der Waals surface area contributed by atoms with Crippen molar-refractivity contribution in [2.45, 2.75) is 24.5 Å². The molecule has 4 rings (SSSR count). The van der Waals surface area contributed by atoms with Gasteiger partial charge >= 0.3 is 0 Å². The van der Waals surface area contributed by atoms with Crippen LogP contribution in [0.2, 0.25) is 0 Å². The highest BCUT2D eigenvalue weighted by molar-refractivity contribution is 7.99. The quantitative estimate of drug-likeness (QED) is 0.772. The zero-order valence-electron chi connectivity index (χ0n) is 12.9. The highest BCUT2D eigenvalue weighted by Crippen LogP contribution is 2.44. The fourth-order valence-corrected chi connectivity index (χ4v) is 5.46. The number of amides is 1. The molecule has 4 atom stereocenters. The molecule has 2 fully saturated rings. The third kappa shape index (κ3) is 2.71. The standard InChI is InChI=1S/C19H23NOS/c21-19(17-13-14-6-7-16(17)12-14)20-9-8-18(22-11-10-20)15-4-2-1-3-5-15/h1-7,14,16-18H,8-13H2. The Morgan fingerprint density at radius 3 is 2.68 bits per heavy atom. The van der Waals surface area contributed by atoms with Crippen LogP contribution < -0.4 is 0 Å². The van der Waals surface area contributed by atoms with Gasteiger partial charge in [-0.2, -0.15) is 11.8 Å². The lowest BCUT2D eigenvalue weighted by atomic mass is 9.92. The van der Waals surface area contributed by atoms with E-state index in [0.717, 1.165) is 31.7 Å². The number of hydrogen-bond acceptors (Lipinski definition) is 2. The van der Waals surface area contributed by atoms with Crippen LogP contribution in [0, 0.1) is 17.8 Å². The second-order valence-electron chi connectivity index (χ2n) is 6.77. The molecular formula is C19H23NOS. The summed E-state index contributed by atoms with van der Waals surface area (Å²) >= 11 is 2.01. The van der Waals surface area contributed by atoms with Gasteiger partial charge < -0.3 is 4.90 Å². The molecule has 2 nitrogen and oxygen atoms in total. The normalized spacial score (nSPS) is 33.9. The molecule has 116 valence electrons. The van der Waals surface area contributed by atoms with E-state index >= 15 is 0 Å². The molecule has 1 heterocycles. The summed E-state index contributed by atoms with van der Waals surface area (Å²) in [5, 5.41) is 0.541. The molecular weight excluding hydrogens is 290 g/mol. The van der Waals surface area contributed by atoms with Crippen molar-refractivity contribution in [3.8, 4) is 0 Å². The number of fused-ring (bicyclic) bond motifs is 2. The summed E-state index contributed by atoms with van der Waals surface area (Å²) in [5.74, 6) is 2.96. The predicted molar refractivity (Wildman–Crippen MR) is 91.7 cm³/mol. The van der Waals surface area contributed by atoms with Crippen LogP contribution in [0.3, 0.4) is 0 Å². The van der Waals surface area contributed by atoms with Crippen molar-refractivity contribution in [1.29, 1.82) is 0 Å². The maximum absolute atomic E-state index is 12.9. The molecule has 3 aliphatic rings. The fraction of sp³-hybridized carbons (Fsp3) is 0.526. The molecule has 1 aromatic rings. The summed E-state index contributed by atoms with van der Waals surface area (Å²) in [6, 6.07) is 10.7. The molecule has 1 aliphatic heterocycles. The van der Waals surface area contributed by atoms with Crippen molar-refractivity contribution in [2.75, 3.05) is 18.8 Å². The van der Waals surface area contributed by atoms with Gasteiger partial charge in [0, 0.05) is 30.0 Å². The number of carbonyl (C=O) groups is 1. The van der Waals surface area contributed by atoms with Gasteiger partial charge in [-0.3, -0.25) is 4.79 Å². The van der Waals surface area contributed by atoms with Crippen molar-refractivity contribution in [1.82, 2.24) is 4.90 Å². The van der Waals surface area contributed by atoms with Crippen molar-refractivity contribution in [3.05, 3.63) is 48.0 Å². The monoisotopic (exact) mass is 313 g/mol. The first-order valence-corrected chi connectivity index (χ1v) is 9.50. The van der Waals surface area contributed by atoms with Crippen molar-refractivity contribution < 1.29 is 4.79 Å². The molecule has 2 aliphatic carbocycles. The molecule has 0 spiro atoms. The smallest absolute Gasteiger partial charge is 0.226 e. The fourth-order valence-electron chi connectivity index (χ4n) is 4.22. The van der Waals surface area contributed by atoms with Gasteiger partial charge in [-0.15, -0.1) is 0 Å². The molecule has 1 saturated carbocycles. The van der Waals surface area contributed by atoms with E-state index < -0.39 is 0 Å². The van der Waals surface area contributed by atoms with Gasteiger partial charge in [-0.05, 0) is 36.7 Å². The van der Waals surface area contributed by atoms with Gasteiger partial charge in [0.15, 0.2) is 0 Å². The van der Waals surface area contributed by atoms with E-state index in [1.807, 2.05) is 11.8 Å². The minimum Gasteiger partial charge on any atom is -0.342 e. The van der Waals surface area contributed by atoms with Gasteiger partial charge in [0.25, 0.3) is 0 Å². The van der Waals surface area contributed by atoms with Crippen molar-refractivity contribution in [3.63, 3.8) is 0 Å². The van der Waals surface area contributed by atoms with E-state index in [1.54, 1.807) is 0 Å². The van der Waals surface area contributed by atoms with E-state index in [4.69, 9.17) is 0 Å². The minimum atomic E-state index is 0.272. The van der Waals surface area contributed by atoms with Gasteiger partial charge in [0.1, 0.15) is 0 Å². The van der Waals surface area contributed by atoms with Crippen molar-refractivity contribution in [2.24, 2.45) is 17.8 Å². The number of thioether (sulfide) groups is 1. The number of allylic oxidation sites excluding steroid dienone is 2. The van der Waals surface area contributed by atoms with Crippen LogP contribution in [0.25, 0.3) is 0 Å². The van der Waals surface area contributed by atoms with Crippen LogP contribution >= 0.6 is 11.8 Å². The Morgan fingerprint density at radius 2 is 1.95 bits per heavy atom. The average molecular weight is 313 g/mol. The van der Waals surface area contributed by atoms with Gasteiger partial charge in [0.2, 0.25) is 5.91 Å². The Morgan fingerprint density at radius 1 is 1.09 bits per heavy atom. The van der Waals surface area contributed by atoms with Crippen LogP contribution in [-0.4, -0.2) is 29.6 Å². The summed E-state index contributed by atoms with van der Waals surface area (Å²) in [6.07, 6.45) is 7.99. The number of benzene rings is 1. The Bertz CT molecular complexity index is 570. The van der Waals surface area contributed by atoms with E-state index in [1.165, 1.54) is 12.0 Å². The molecule has 1 amide bonds. The van der Waals surface area contributed by atoms with E-state index in [-0.39, 0.29) is 5.92 Å². The molecule has 0 aromatic heterocycles. The number of rotatable bonds is 2. The first kappa shape index (κ1) is 14.4. The maximum Gasteiger partial charge on any atom is 0.226 e. The molecule has 4 unspecified atom stereocenters. The van der Waals surface area contributed by atoms with Crippen LogP contribution in [0.4, 0.5) is 0 Å². The Balaban J connectivity index is 1.40. The topological polar surface area (TPSA) is 20.3 Å². The summed E-state index contributed by atoms with van der Waals surface area (Å²) in [4.78, 5) is 15.0. The Hall–Kier alpha value is -1.22. The molecule has 0 radical (unpaired) electrons. The summed E-state index contributed by atoms with van der Waals surface area (Å²) in [7, 11) is 0. The molecule has 1 saturated heterocycles. The van der Waals surface area contributed by atoms with E-state index in [9.17, 15) is 4.79 Å². The number of hydrogen-bond donors (Lipinski definition) is 0. The lowest BCUT2D eigenvalue weighted by Gasteiger charge is -2.27. The molecule has 22 heavy (non-hydrogen) atoms.